The van der Waals surface area contributed by atoms with Crippen molar-refractivity contribution in [1.82, 2.24) is 4.90 Å². The number of alkyl halides is 3. The Kier molecular flexibility index (Phi) is 5.64. The van der Waals surface area contributed by atoms with Crippen LogP contribution in [0.4, 0.5) is 24.5 Å². The van der Waals surface area contributed by atoms with E-state index in [1.165, 1.54) is 11.1 Å². The van der Waals surface area contributed by atoms with Crippen LogP contribution in [-0.4, -0.2) is 18.0 Å². The molecule has 0 saturated heterocycles. The number of fused-ring (bicyclic) bond motifs is 1. The Morgan fingerprint density at radius 1 is 0.967 bits per heavy atom. The predicted octanol–water partition coefficient (Wildman–Crippen LogP) is 6.66. The first-order valence-electron chi connectivity index (χ1n) is 9.93. The van der Waals surface area contributed by atoms with Crippen LogP contribution in [0.2, 0.25) is 0 Å². The van der Waals surface area contributed by atoms with Gasteiger partial charge in [0.1, 0.15) is 0 Å². The lowest BCUT2D eigenvalue weighted by Crippen LogP contribution is -2.30. The Morgan fingerprint density at radius 3 is 2.37 bits per heavy atom. The van der Waals surface area contributed by atoms with Gasteiger partial charge in [0.2, 0.25) is 0 Å². The van der Waals surface area contributed by atoms with E-state index in [4.69, 9.17) is 0 Å². The molecular weight excluding hydrogens is 385 g/mol. The number of nitrogens with one attached hydrogen (secondary N) is 1. The standard InChI is InChI=1S/C25H23F3N2/c1-2-13-30-14-12-19-16-24(29-22-6-4-3-5-7-22)23(15-20(19)17-30)18-8-10-21(11-9-18)25(26,27)28/h2-11,15-16,29H,1,12-14,17H2. The second-order valence-electron chi connectivity index (χ2n) is 7.51. The minimum atomic E-state index is -4.34. The van der Waals surface area contributed by atoms with Crippen molar-refractivity contribution in [1.29, 1.82) is 0 Å². The van der Waals surface area contributed by atoms with Gasteiger partial charge in [-0.1, -0.05) is 36.4 Å². The van der Waals surface area contributed by atoms with Crippen molar-refractivity contribution >= 4 is 11.4 Å². The molecule has 0 bridgehead atoms. The summed E-state index contributed by atoms with van der Waals surface area (Å²) in [5.41, 5.74) is 5.32. The lowest BCUT2D eigenvalue weighted by molar-refractivity contribution is -0.137. The third-order valence-electron chi connectivity index (χ3n) is 5.39. The summed E-state index contributed by atoms with van der Waals surface area (Å²) in [5, 5.41) is 3.45. The second-order valence-corrected chi connectivity index (χ2v) is 7.51. The predicted molar refractivity (Wildman–Crippen MR) is 116 cm³/mol. The van der Waals surface area contributed by atoms with E-state index >= 15 is 0 Å². The molecule has 3 aromatic rings. The van der Waals surface area contributed by atoms with Gasteiger partial charge in [0.25, 0.3) is 0 Å². The highest BCUT2D eigenvalue weighted by Crippen LogP contribution is 2.37. The minimum absolute atomic E-state index is 0.640. The van der Waals surface area contributed by atoms with E-state index in [9.17, 15) is 13.2 Å². The first-order chi connectivity index (χ1) is 14.4. The van der Waals surface area contributed by atoms with Crippen molar-refractivity contribution < 1.29 is 13.2 Å². The molecule has 1 N–H and O–H groups in total. The van der Waals surface area contributed by atoms with Crippen molar-refractivity contribution in [3.05, 3.63) is 96.1 Å². The third kappa shape index (κ3) is 4.41. The molecule has 0 saturated carbocycles. The van der Waals surface area contributed by atoms with Crippen LogP contribution in [0, 0.1) is 0 Å². The number of hydrogen-bond donors (Lipinski definition) is 1. The van der Waals surface area contributed by atoms with Crippen molar-refractivity contribution in [2.45, 2.75) is 19.1 Å². The fourth-order valence-electron chi connectivity index (χ4n) is 3.86. The molecule has 0 atom stereocenters. The zero-order valence-corrected chi connectivity index (χ0v) is 16.5. The third-order valence-corrected chi connectivity index (χ3v) is 5.39. The van der Waals surface area contributed by atoms with E-state index < -0.39 is 11.7 Å². The molecule has 30 heavy (non-hydrogen) atoms. The van der Waals surface area contributed by atoms with Gasteiger partial charge in [-0.3, -0.25) is 4.90 Å². The fraction of sp³-hybridized carbons (Fsp3) is 0.200. The van der Waals surface area contributed by atoms with E-state index in [0.717, 1.165) is 60.7 Å². The summed E-state index contributed by atoms with van der Waals surface area (Å²) >= 11 is 0. The van der Waals surface area contributed by atoms with Crippen molar-refractivity contribution in [2.24, 2.45) is 0 Å². The summed E-state index contributed by atoms with van der Waals surface area (Å²) in [6.07, 6.45) is -1.52. The Labute approximate surface area is 174 Å². The van der Waals surface area contributed by atoms with E-state index in [-0.39, 0.29) is 0 Å². The van der Waals surface area contributed by atoms with E-state index in [2.05, 4.69) is 28.9 Å². The van der Waals surface area contributed by atoms with Crippen molar-refractivity contribution in [2.75, 3.05) is 18.4 Å². The van der Waals surface area contributed by atoms with Gasteiger partial charge >= 0.3 is 6.18 Å². The van der Waals surface area contributed by atoms with Crippen molar-refractivity contribution in [3.63, 3.8) is 0 Å². The Bertz CT molecular complexity index is 1020. The summed E-state index contributed by atoms with van der Waals surface area (Å²) in [7, 11) is 0. The van der Waals surface area contributed by atoms with Gasteiger partial charge in [-0.25, -0.2) is 0 Å². The highest BCUT2D eigenvalue weighted by Gasteiger charge is 2.30. The molecular formula is C25H23F3N2. The average molecular weight is 408 g/mol. The highest BCUT2D eigenvalue weighted by atomic mass is 19.4. The molecule has 4 rings (SSSR count). The maximum Gasteiger partial charge on any atom is 0.416 e. The lowest BCUT2D eigenvalue weighted by Gasteiger charge is -2.29. The van der Waals surface area contributed by atoms with Gasteiger partial charge in [-0.05, 0) is 59.5 Å². The van der Waals surface area contributed by atoms with E-state index in [1.807, 2.05) is 36.4 Å². The van der Waals surface area contributed by atoms with Gasteiger partial charge in [0.05, 0.1) is 5.56 Å². The largest absolute Gasteiger partial charge is 0.416 e. The summed E-state index contributed by atoms with van der Waals surface area (Å²) in [5.74, 6) is 0. The van der Waals surface area contributed by atoms with Gasteiger partial charge in [0, 0.05) is 36.6 Å². The number of halogens is 3. The molecule has 0 unspecified atom stereocenters. The molecule has 5 heteroatoms. The highest BCUT2D eigenvalue weighted by molar-refractivity contribution is 5.82. The van der Waals surface area contributed by atoms with E-state index in [0.29, 0.717) is 0 Å². The maximum absolute atomic E-state index is 13.0. The molecule has 0 spiro atoms. The molecule has 1 heterocycles. The summed E-state index contributed by atoms with van der Waals surface area (Å²) < 4.78 is 39.0. The average Bonchev–Trinajstić information content (AvgIpc) is 2.74. The SMILES string of the molecule is C=CCN1CCc2cc(Nc3ccccc3)c(-c3ccc(C(F)(F)F)cc3)cc2C1. The Hall–Kier alpha value is -3.05. The molecule has 0 radical (unpaired) electrons. The minimum Gasteiger partial charge on any atom is -0.355 e. The topological polar surface area (TPSA) is 15.3 Å². The molecule has 1 aliphatic heterocycles. The summed E-state index contributed by atoms with van der Waals surface area (Å²) in [6.45, 7) is 6.41. The van der Waals surface area contributed by atoms with Crippen LogP contribution in [-0.2, 0) is 19.1 Å². The van der Waals surface area contributed by atoms with Crippen LogP contribution >= 0.6 is 0 Å². The van der Waals surface area contributed by atoms with Gasteiger partial charge in [-0.2, -0.15) is 13.2 Å². The van der Waals surface area contributed by atoms with Gasteiger partial charge in [0.15, 0.2) is 0 Å². The van der Waals surface area contributed by atoms with Crippen LogP contribution in [0.5, 0.6) is 0 Å². The zero-order chi connectivity index (χ0) is 21.1. The fourth-order valence-corrected chi connectivity index (χ4v) is 3.86. The van der Waals surface area contributed by atoms with E-state index in [1.54, 1.807) is 12.1 Å². The monoisotopic (exact) mass is 408 g/mol. The molecule has 2 nitrogen and oxygen atoms in total. The molecule has 0 amide bonds. The lowest BCUT2D eigenvalue weighted by atomic mass is 9.92. The zero-order valence-electron chi connectivity index (χ0n) is 16.5. The molecule has 0 fully saturated rings. The first kappa shape index (κ1) is 20.2. The first-order valence-corrected chi connectivity index (χ1v) is 9.93. The van der Waals surface area contributed by atoms with Crippen LogP contribution in [0.1, 0.15) is 16.7 Å². The van der Waals surface area contributed by atoms with Crippen molar-refractivity contribution in [3.8, 4) is 11.1 Å². The molecule has 0 aromatic heterocycles. The number of hydrogen-bond acceptors (Lipinski definition) is 2. The number of benzene rings is 3. The second kappa shape index (κ2) is 8.36. The van der Waals surface area contributed by atoms with Gasteiger partial charge < -0.3 is 5.32 Å². The smallest absolute Gasteiger partial charge is 0.355 e. The van der Waals surface area contributed by atoms with Gasteiger partial charge in [-0.15, -0.1) is 6.58 Å². The number of para-hydroxylation sites is 1. The Morgan fingerprint density at radius 2 is 1.70 bits per heavy atom. The van der Waals surface area contributed by atoms with Crippen LogP contribution in [0.15, 0.2) is 79.4 Å². The summed E-state index contributed by atoms with van der Waals surface area (Å²) in [4.78, 5) is 2.32. The molecule has 0 aliphatic carbocycles. The molecule has 154 valence electrons. The van der Waals surface area contributed by atoms with Crippen LogP contribution in [0.3, 0.4) is 0 Å². The van der Waals surface area contributed by atoms with Crippen LogP contribution < -0.4 is 5.32 Å². The number of anilines is 2. The summed E-state index contributed by atoms with van der Waals surface area (Å²) in [6, 6.07) is 19.4. The normalized spacial score (nSPS) is 14.2. The Balaban J connectivity index is 1.76. The van der Waals surface area contributed by atoms with Crippen LogP contribution in [0.25, 0.3) is 11.1 Å². The number of nitrogens with zero attached hydrogens (tertiary/aromatic N) is 1. The quantitative estimate of drug-likeness (QED) is 0.475. The molecule has 3 aromatic carbocycles. The maximum atomic E-state index is 13.0. The number of rotatable bonds is 5. The molecule has 1 aliphatic rings.